The first kappa shape index (κ1) is 18.0. The molecule has 0 spiro atoms. The van der Waals surface area contributed by atoms with Crippen LogP contribution in [0.3, 0.4) is 0 Å². The summed E-state index contributed by atoms with van der Waals surface area (Å²) in [5, 5.41) is 10.8. The Morgan fingerprint density at radius 2 is 2.10 bits per heavy atom. The fraction of sp³-hybridized carbons (Fsp3) is 0.643. The number of alkyl halides is 1. The van der Waals surface area contributed by atoms with Crippen LogP contribution in [0.1, 0.15) is 44.9 Å². The molecule has 1 rings (SSSR count). The van der Waals surface area contributed by atoms with Crippen molar-refractivity contribution in [2.24, 2.45) is 0 Å². The van der Waals surface area contributed by atoms with Crippen molar-refractivity contribution in [2.45, 2.75) is 51.2 Å². The van der Waals surface area contributed by atoms with Crippen molar-refractivity contribution in [3.8, 4) is 0 Å². The van der Waals surface area contributed by atoms with Crippen molar-refractivity contribution in [3.63, 3.8) is 0 Å². The van der Waals surface area contributed by atoms with E-state index in [0.717, 1.165) is 8.66 Å². The van der Waals surface area contributed by atoms with Gasteiger partial charge in [0.05, 0.1) is 10.2 Å². The van der Waals surface area contributed by atoms with Crippen LogP contribution in [0, 0.1) is 0 Å². The minimum absolute atomic E-state index is 0.0614. The lowest BCUT2D eigenvalue weighted by atomic mass is 9.92. The van der Waals surface area contributed by atoms with Crippen LogP contribution >= 0.6 is 38.9 Å². The Morgan fingerprint density at radius 1 is 1.45 bits per heavy atom. The maximum Gasteiger partial charge on any atom is 0.309 e. The predicted octanol–water partition coefficient (Wildman–Crippen LogP) is 4.45. The van der Waals surface area contributed by atoms with E-state index in [4.69, 9.17) is 16.3 Å². The highest BCUT2D eigenvalue weighted by Crippen LogP contribution is 2.37. The topological polar surface area (TPSA) is 46.5 Å². The summed E-state index contributed by atoms with van der Waals surface area (Å²) in [6.45, 7) is 5.43. The van der Waals surface area contributed by atoms with Gasteiger partial charge in [0, 0.05) is 10.8 Å². The standard InChI is InChI=1S/C14H20BrClO3S/c1-13(2,3)19-12(17)9-14(18,7-4-8-16)10-5-6-11(15)20-10/h5-6,18H,4,7-9H2,1-3H3. The first-order valence-corrected chi connectivity index (χ1v) is 8.57. The number of ether oxygens (including phenoxy) is 1. The van der Waals surface area contributed by atoms with Gasteiger partial charge in [0.2, 0.25) is 0 Å². The molecule has 0 saturated carbocycles. The van der Waals surface area contributed by atoms with Crippen LogP contribution in [-0.2, 0) is 15.1 Å². The van der Waals surface area contributed by atoms with Gasteiger partial charge in [-0.05, 0) is 61.7 Å². The van der Waals surface area contributed by atoms with Gasteiger partial charge in [-0.3, -0.25) is 4.79 Å². The molecule has 3 nitrogen and oxygen atoms in total. The Balaban J connectivity index is 2.86. The summed E-state index contributed by atoms with van der Waals surface area (Å²) in [7, 11) is 0. The van der Waals surface area contributed by atoms with Crippen molar-refractivity contribution in [3.05, 3.63) is 20.8 Å². The molecular formula is C14H20BrClO3S. The largest absolute Gasteiger partial charge is 0.460 e. The molecule has 1 heterocycles. The third kappa shape index (κ3) is 5.72. The van der Waals surface area contributed by atoms with Crippen LogP contribution in [-0.4, -0.2) is 22.6 Å². The maximum absolute atomic E-state index is 12.0. The Labute approximate surface area is 137 Å². The zero-order valence-electron chi connectivity index (χ0n) is 11.9. The molecule has 0 aromatic carbocycles. The molecule has 1 N–H and O–H groups in total. The van der Waals surface area contributed by atoms with E-state index in [1.165, 1.54) is 11.3 Å². The highest BCUT2D eigenvalue weighted by Gasteiger charge is 2.35. The number of carbonyl (C=O) groups excluding carboxylic acids is 1. The zero-order chi connectivity index (χ0) is 15.4. The Hall–Kier alpha value is -0.100. The number of hydrogen-bond donors (Lipinski definition) is 1. The molecular weight excluding hydrogens is 364 g/mol. The number of thiophene rings is 1. The molecule has 0 fully saturated rings. The summed E-state index contributed by atoms with van der Waals surface area (Å²) in [5.41, 5.74) is -1.77. The molecule has 0 amide bonds. The van der Waals surface area contributed by atoms with E-state index < -0.39 is 17.2 Å². The van der Waals surface area contributed by atoms with Gasteiger partial charge >= 0.3 is 5.97 Å². The van der Waals surface area contributed by atoms with Crippen molar-refractivity contribution < 1.29 is 14.6 Å². The fourth-order valence-corrected chi connectivity index (χ4v) is 3.47. The molecule has 0 aliphatic carbocycles. The molecule has 6 heteroatoms. The number of aliphatic hydroxyl groups is 1. The minimum Gasteiger partial charge on any atom is -0.460 e. The molecule has 0 radical (unpaired) electrons. The maximum atomic E-state index is 12.0. The lowest BCUT2D eigenvalue weighted by Gasteiger charge is -2.28. The third-order valence-electron chi connectivity index (χ3n) is 2.61. The van der Waals surface area contributed by atoms with Gasteiger partial charge in [0.15, 0.2) is 0 Å². The van der Waals surface area contributed by atoms with Crippen LogP contribution in [0.2, 0.25) is 0 Å². The van der Waals surface area contributed by atoms with Gasteiger partial charge in [-0.2, -0.15) is 0 Å². The van der Waals surface area contributed by atoms with E-state index in [-0.39, 0.29) is 6.42 Å². The summed E-state index contributed by atoms with van der Waals surface area (Å²) >= 11 is 10.5. The number of halogens is 2. The second-order valence-electron chi connectivity index (χ2n) is 5.69. The van der Waals surface area contributed by atoms with Crippen LogP contribution in [0.15, 0.2) is 15.9 Å². The summed E-state index contributed by atoms with van der Waals surface area (Å²) in [6.07, 6.45) is 1.01. The Morgan fingerprint density at radius 3 is 2.55 bits per heavy atom. The third-order valence-corrected chi connectivity index (χ3v) is 4.70. The number of carbonyl (C=O) groups is 1. The highest BCUT2D eigenvalue weighted by molar-refractivity contribution is 9.11. The van der Waals surface area contributed by atoms with Crippen molar-refractivity contribution in [1.29, 1.82) is 0 Å². The molecule has 1 atom stereocenters. The van der Waals surface area contributed by atoms with E-state index in [2.05, 4.69) is 15.9 Å². The molecule has 0 bridgehead atoms. The molecule has 0 aliphatic rings. The minimum atomic E-state index is -1.21. The Bertz CT molecular complexity index is 456. The zero-order valence-corrected chi connectivity index (χ0v) is 15.1. The van der Waals surface area contributed by atoms with Crippen LogP contribution in [0.25, 0.3) is 0 Å². The first-order valence-electron chi connectivity index (χ1n) is 6.42. The molecule has 1 unspecified atom stereocenters. The van der Waals surface area contributed by atoms with E-state index >= 15 is 0 Å². The normalized spacial score (nSPS) is 14.9. The summed E-state index contributed by atoms with van der Waals surface area (Å²) in [6, 6.07) is 3.69. The molecule has 20 heavy (non-hydrogen) atoms. The first-order chi connectivity index (χ1) is 9.16. The smallest absolute Gasteiger partial charge is 0.309 e. The quantitative estimate of drug-likeness (QED) is 0.583. The monoisotopic (exact) mass is 382 g/mol. The molecule has 1 aromatic heterocycles. The summed E-state index contributed by atoms with van der Waals surface area (Å²) in [4.78, 5) is 12.7. The molecule has 114 valence electrons. The van der Waals surface area contributed by atoms with E-state index in [1.807, 2.05) is 32.9 Å². The Kier molecular flexibility index (Phi) is 6.51. The number of esters is 1. The fourth-order valence-electron chi connectivity index (χ4n) is 1.84. The lowest BCUT2D eigenvalue weighted by Crippen LogP contribution is -2.32. The highest BCUT2D eigenvalue weighted by atomic mass is 79.9. The second-order valence-corrected chi connectivity index (χ2v) is 8.53. The van der Waals surface area contributed by atoms with Gasteiger partial charge in [0.25, 0.3) is 0 Å². The van der Waals surface area contributed by atoms with Crippen molar-refractivity contribution >= 4 is 44.8 Å². The lowest BCUT2D eigenvalue weighted by molar-refractivity contribution is -0.161. The number of hydrogen-bond acceptors (Lipinski definition) is 4. The van der Waals surface area contributed by atoms with Gasteiger partial charge in [-0.1, -0.05) is 0 Å². The van der Waals surface area contributed by atoms with Crippen LogP contribution in [0.4, 0.5) is 0 Å². The van der Waals surface area contributed by atoms with E-state index in [9.17, 15) is 9.90 Å². The average molecular weight is 384 g/mol. The van der Waals surface area contributed by atoms with Gasteiger partial charge in [-0.25, -0.2) is 0 Å². The van der Waals surface area contributed by atoms with Crippen molar-refractivity contribution in [1.82, 2.24) is 0 Å². The van der Waals surface area contributed by atoms with Gasteiger partial charge in [0.1, 0.15) is 11.2 Å². The summed E-state index contributed by atoms with van der Waals surface area (Å²) < 4.78 is 6.22. The van der Waals surface area contributed by atoms with Crippen LogP contribution < -0.4 is 0 Å². The SMILES string of the molecule is CC(C)(C)OC(=O)CC(O)(CCCCl)c1ccc(Br)s1. The summed E-state index contributed by atoms with van der Waals surface area (Å²) in [5.74, 6) is 0.0440. The van der Waals surface area contributed by atoms with Crippen LogP contribution in [0.5, 0.6) is 0 Å². The second kappa shape index (κ2) is 7.25. The molecule has 0 aliphatic heterocycles. The molecule has 0 saturated heterocycles. The number of rotatable bonds is 6. The molecule has 1 aromatic rings. The predicted molar refractivity (Wildman–Crippen MR) is 86.3 cm³/mol. The van der Waals surface area contributed by atoms with Crippen molar-refractivity contribution in [2.75, 3.05) is 5.88 Å². The van der Waals surface area contributed by atoms with Gasteiger partial charge < -0.3 is 9.84 Å². The average Bonchev–Trinajstić information content (AvgIpc) is 2.71. The van der Waals surface area contributed by atoms with E-state index in [0.29, 0.717) is 18.7 Å². The van der Waals surface area contributed by atoms with Gasteiger partial charge in [-0.15, -0.1) is 22.9 Å². The van der Waals surface area contributed by atoms with E-state index in [1.54, 1.807) is 0 Å².